The fourth-order valence-electron chi connectivity index (χ4n) is 2.80. The highest BCUT2D eigenvalue weighted by Gasteiger charge is 2.41. The Morgan fingerprint density at radius 2 is 2.09 bits per heavy atom. The van der Waals surface area contributed by atoms with E-state index in [0.29, 0.717) is 0 Å². The molecule has 1 aliphatic heterocycles. The van der Waals surface area contributed by atoms with Crippen LogP contribution < -0.4 is 5.73 Å². The first kappa shape index (κ1) is 14.8. The van der Waals surface area contributed by atoms with Gasteiger partial charge in [0.25, 0.3) is 0 Å². The first-order chi connectivity index (χ1) is 10.1. The van der Waals surface area contributed by atoms with Gasteiger partial charge in [0.05, 0.1) is 5.75 Å². The zero-order chi connectivity index (χ0) is 16.3. The second-order valence-corrected chi connectivity index (χ2v) is 7.84. The minimum Gasteiger partial charge on any atom is -0.369 e. The zero-order valence-corrected chi connectivity index (χ0v) is 13.3. The Bertz CT molecular complexity index is 903. The number of fused-ring (bicyclic) bond motifs is 1. The average Bonchev–Trinajstić information content (AvgIpc) is 2.73. The summed E-state index contributed by atoms with van der Waals surface area (Å²) in [6, 6.07) is 4.82. The highest BCUT2D eigenvalue weighted by atomic mass is 32.2. The van der Waals surface area contributed by atoms with Crippen LogP contribution >= 0.6 is 0 Å². The number of halogens is 1. The summed E-state index contributed by atoms with van der Waals surface area (Å²) in [5, 5.41) is 0.732. The van der Waals surface area contributed by atoms with Crippen LogP contribution in [-0.2, 0) is 15.6 Å². The molecule has 0 saturated heterocycles. The molecule has 1 aromatic heterocycles. The molecule has 0 bridgehead atoms. The smallest absolute Gasteiger partial charge is 0.239 e. The monoisotopic (exact) mass is 324 g/mol. The van der Waals surface area contributed by atoms with Crippen molar-refractivity contribution in [3.63, 3.8) is 0 Å². The molecule has 3 N–H and O–H groups in total. The van der Waals surface area contributed by atoms with Crippen LogP contribution in [0.25, 0.3) is 10.9 Å². The number of aliphatic imine (C=N–C) groups is 1. The fraction of sp³-hybridized carbons (Fsp3) is 0.357. The molecule has 0 unspecified atom stereocenters. The molecule has 0 amide bonds. The lowest BCUT2D eigenvalue weighted by molar-refractivity contribution is 0.458. The normalized spacial score (nSPS) is 24.5. The Kier molecular flexibility index (Phi) is 3.00. The average molecular weight is 324 g/mol. The SMILES string of the molecule is Cc1cc2cc(F)c([C@]3(C)CS(=O)(=O)N(C)C(N)=N3)cc2[nH]1. The van der Waals surface area contributed by atoms with E-state index in [9.17, 15) is 12.8 Å². The maximum atomic E-state index is 14.5. The number of aromatic nitrogens is 1. The van der Waals surface area contributed by atoms with Gasteiger partial charge in [0.2, 0.25) is 16.0 Å². The van der Waals surface area contributed by atoms with E-state index in [-0.39, 0.29) is 17.3 Å². The van der Waals surface area contributed by atoms with E-state index in [2.05, 4.69) is 9.98 Å². The van der Waals surface area contributed by atoms with Crippen LogP contribution in [0.3, 0.4) is 0 Å². The van der Waals surface area contributed by atoms with E-state index < -0.39 is 21.4 Å². The molecule has 6 nitrogen and oxygen atoms in total. The van der Waals surface area contributed by atoms with Crippen molar-refractivity contribution in [2.75, 3.05) is 12.8 Å². The summed E-state index contributed by atoms with van der Waals surface area (Å²) in [5.74, 6) is -0.972. The van der Waals surface area contributed by atoms with Crippen molar-refractivity contribution in [1.29, 1.82) is 0 Å². The number of hydrogen-bond donors (Lipinski definition) is 2. The van der Waals surface area contributed by atoms with Crippen LogP contribution in [0.2, 0.25) is 0 Å². The van der Waals surface area contributed by atoms with Crippen molar-refractivity contribution in [2.24, 2.45) is 10.7 Å². The van der Waals surface area contributed by atoms with Crippen LogP contribution in [0.4, 0.5) is 4.39 Å². The van der Waals surface area contributed by atoms with Crippen molar-refractivity contribution in [2.45, 2.75) is 19.4 Å². The van der Waals surface area contributed by atoms with Crippen molar-refractivity contribution in [1.82, 2.24) is 9.29 Å². The number of sulfonamides is 1. The van der Waals surface area contributed by atoms with Gasteiger partial charge in [-0.1, -0.05) is 0 Å². The van der Waals surface area contributed by atoms with Gasteiger partial charge in [-0.3, -0.25) is 0 Å². The van der Waals surface area contributed by atoms with Gasteiger partial charge in [-0.15, -0.1) is 0 Å². The largest absolute Gasteiger partial charge is 0.369 e. The second kappa shape index (κ2) is 4.45. The number of aryl methyl sites for hydroxylation is 1. The summed E-state index contributed by atoms with van der Waals surface area (Å²) in [5.41, 5.74) is 6.29. The van der Waals surface area contributed by atoms with Gasteiger partial charge in [0, 0.05) is 29.2 Å². The molecule has 8 heteroatoms. The lowest BCUT2D eigenvalue weighted by Gasteiger charge is -2.34. The molecule has 0 spiro atoms. The molecule has 1 aliphatic rings. The minimum atomic E-state index is -3.63. The highest BCUT2D eigenvalue weighted by molar-refractivity contribution is 7.89. The maximum absolute atomic E-state index is 14.5. The number of guanidine groups is 1. The molecule has 1 aromatic carbocycles. The summed E-state index contributed by atoms with van der Waals surface area (Å²) in [4.78, 5) is 7.34. The van der Waals surface area contributed by atoms with Crippen LogP contribution in [0, 0.1) is 12.7 Å². The Morgan fingerprint density at radius 1 is 1.41 bits per heavy atom. The van der Waals surface area contributed by atoms with Crippen molar-refractivity contribution in [3.05, 3.63) is 35.3 Å². The molecule has 118 valence electrons. The summed E-state index contributed by atoms with van der Waals surface area (Å²) in [7, 11) is -2.30. The highest BCUT2D eigenvalue weighted by Crippen LogP contribution is 2.35. The van der Waals surface area contributed by atoms with E-state index in [1.165, 1.54) is 13.1 Å². The number of nitrogens with zero attached hydrogens (tertiary/aromatic N) is 2. The number of hydrogen-bond acceptors (Lipinski definition) is 4. The number of rotatable bonds is 1. The molecule has 1 atom stereocenters. The number of benzene rings is 1. The van der Waals surface area contributed by atoms with Gasteiger partial charge in [-0.05, 0) is 32.0 Å². The van der Waals surface area contributed by atoms with Gasteiger partial charge in [-0.2, -0.15) is 0 Å². The van der Waals surface area contributed by atoms with Gasteiger partial charge in [-0.25, -0.2) is 22.1 Å². The summed E-state index contributed by atoms with van der Waals surface area (Å²) in [6.07, 6.45) is 0. The lowest BCUT2D eigenvalue weighted by atomic mass is 9.93. The third kappa shape index (κ3) is 2.14. The predicted molar refractivity (Wildman–Crippen MR) is 83.5 cm³/mol. The molecule has 0 saturated carbocycles. The summed E-state index contributed by atoms with van der Waals surface area (Å²) >= 11 is 0. The van der Waals surface area contributed by atoms with Gasteiger partial charge < -0.3 is 10.7 Å². The molecule has 2 aromatic rings. The van der Waals surface area contributed by atoms with Gasteiger partial charge in [0.15, 0.2) is 0 Å². The van der Waals surface area contributed by atoms with Crippen molar-refractivity contribution >= 4 is 26.9 Å². The van der Waals surface area contributed by atoms with E-state index in [1.807, 2.05) is 13.0 Å². The van der Waals surface area contributed by atoms with Crippen LogP contribution in [0.5, 0.6) is 0 Å². The van der Waals surface area contributed by atoms with E-state index in [4.69, 9.17) is 5.73 Å². The Morgan fingerprint density at radius 3 is 2.73 bits per heavy atom. The van der Waals surface area contributed by atoms with Crippen LogP contribution in [0.15, 0.2) is 23.2 Å². The third-order valence-corrected chi connectivity index (χ3v) is 5.94. The first-order valence-electron chi connectivity index (χ1n) is 6.74. The van der Waals surface area contributed by atoms with Crippen LogP contribution in [0.1, 0.15) is 18.2 Å². The second-order valence-electron chi connectivity index (χ2n) is 5.84. The minimum absolute atomic E-state index is 0.143. The quantitative estimate of drug-likeness (QED) is 0.831. The Hall–Kier alpha value is -2.09. The van der Waals surface area contributed by atoms with Crippen LogP contribution in [-0.4, -0.2) is 36.5 Å². The maximum Gasteiger partial charge on any atom is 0.239 e. The van der Waals surface area contributed by atoms with E-state index in [1.54, 1.807) is 13.0 Å². The topological polar surface area (TPSA) is 91.6 Å². The predicted octanol–water partition coefficient (Wildman–Crippen LogP) is 1.42. The number of nitrogens with one attached hydrogen (secondary N) is 1. The first-order valence-corrected chi connectivity index (χ1v) is 8.35. The zero-order valence-electron chi connectivity index (χ0n) is 12.5. The molecular weight excluding hydrogens is 307 g/mol. The summed E-state index contributed by atoms with van der Waals surface area (Å²) in [6.45, 7) is 3.44. The van der Waals surface area contributed by atoms with Gasteiger partial charge >= 0.3 is 0 Å². The number of H-pyrrole nitrogens is 1. The van der Waals surface area contributed by atoms with Gasteiger partial charge in [0.1, 0.15) is 11.4 Å². The number of aromatic amines is 1. The Labute approximate surface area is 127 Å². The van der Waals surface area contributed by atoms with E-state index in [0.717, 1.165) is 20.9 Å². The van der Waals surface area contributed by atoms with E-state index >= 15 is 0 Å². The van der Waals surface area contributed by atoms with Crippen molar-refractivity contribution < 1.29 is 12.8 Å². The molecule has 0 radical (unpaired) electrons. The summed E-state index contributed by atoms with van der Waals surface area (Å²) < 4.78 is 39.8. The Balaban J connectivity index is 2.23. The fourth-order valence-corrected chi connectivity index (χ4v) is 4.25. The molecule has 2 heterocycles. The third-order valence-electron chi connectivity index (χ3n) is 3.99. The lowest BCUT2D eigenvalue weighted by Crippen LogP contribution is -2.50. The number of nitrogens with two attached hydrogens (primary N) is 1. The molecule has 0 fully saturated rings. The van der Waals surface area contributed by atoms with Crippen molar-refractivity contribution in [3.8, 4) is 0 Å². The standard InChI is InChI=1S/C14H17FN4O2S/c1-8-4-9-5-11(15)10(6-12(9)17-8)14(2)7-22(20,21)19(3)13(16)18-14/h4-6,17H,7H2,1-3H3,(H2,16,18)/t14-/m0/s1. The molecule has 0 aliphatic carbocycles. The molecule has 22 heavy (non-hydrogen) atoms. The molecular formula is C14H17FN4O2S. The molecule has 3 rings (SSSR count).